The fraction of sp³-hybridized carbons (Fsp3) is 0.417. The van der Waals surface area contributed by atoms with Gasteiger partial charge in [0.05, 0.1) is 0 Å². The van der Waals surface area contributed by atoms with Crippen LogP contribution in [0.15, 0.2) is 29.2 Å². The summed E-state index contributed by atoms with van der Waals surface area (Å²) >= 11 is 9.19. The van der Waals surface area contributed by atoms with Crippen molar-refractivity contribution in [1.82, 2.24) is 4.90 Å². The van der Waals surface area contributed by atoms with Gasteiger partial charge < -0.3 is 4.90 Å². The number of hydrogen-bond donors (Lipinski definition) is 0. The second-order valence-electron chi connectivity index (χ2n) is 3.78. The lowest BCUT2D eigenvalue weighted by Crippen LogP contribution is -2.35. The van der Waals surface area contributed by atoms with Gasteiger partial charge in [0.15, 0.2) is 0 Å². The average molecular weight is 269 g/mol. The Kier molecular flexibility index (Phi) is 4.55. The summed E-state index contributed by atoms with van der Waals surface area (Å²) in [5, 5.41) is 0. The van der Waals surface area contributed by atoms with E-state index in [2.05, 4.69) is 36.1 Å². The van der Waals surface area contributed by atoms with Crippen LogP contribution in [0.25, 0.3) is 0 Å². The number of hydrogen-bond acceptors (Lipinski definition) is 3. The van der Waals surface area contributed by atoms with E-state index in [9.17, 15) is 0 Å². The minimum atomic E-state index is 1.02. The minimum Gasteiger partial charge on any atom is -0.356 e. The first-order chi connectivity index (χ1) is 7.75. The van der Waals surface area contributed by atoms with Gasteiger partial charge in [-0.3, -0.25) is 0 Å². The Morgan fingerprint density at radius 3 is 2.50 bits per heavy atom. The van der Waals surface area contributed by atoms with Gasteiger partial charge in [0.1, 0.15) is 4.32 Å². The third kappa shape index (κ3) is 3.40. The van der Waals surface area contributed by atoms with Gasteiger partial charge in [-0.1, -0.05) is 41.7 Å². The van der Waals surface area contributed by atoms with E-state index in [4.69, 9.17) is 12.2 Å². The predicted molar refractivity (Wildman–Crippen MR) is 78.5 cm³/mol. The van der Waals surface area contributed by atoms with Crippen LogP contribution in [0.2, 0.25) is 0 Å². The smallest absolute Gasteiger partial charge is 0.141 e. The zero-order valence-corrected chi connectivity index (χ0v) is 11.8. The van der Waals surface area contributed by atoms with Crippen molar-refractivity contribution in [1.29, 1.82) is 0 Å². The van der Waals surface area contributed by atoms with Crippen LogP contribution in [0, 0.1) is 6.92 Å². The third-order valence-electron chi connectivity index (χ3n) is 2.50. The van der Waals surface area contributed by atoms with Crippen molar-refractivity contribution in [2.75, 3.05) is 24.6 Å². The molecule has 1 aromatic rings. The van der Waals surface area contributed by atoms with Gasteiger partial charge in [-0.05, 0) is 19.1 Å². The van der Waals surface area contributed by atoms with Crippen LogP contribution >= 0.6 is 35.7 Å². The largest absolute Gasteiger partial charge is 0.356 e. The van der Waals surface area contributed by atoms with Crippen molar-refractivity contribution in [2.24, 2.45) is 0 Å². The monoisotopic (exact) mass is 269 g/mol. The molecule has 1 nitrogen and oxygen atoms in total. The van der Waals surface area contributed by atoms with Crippen LogP contribution in [-0.4, -0.2) is 33.8 Å². The Balaban J connectivity index is 1.93. The van der Waals surface area contributed by atoms with Crippen molar-refractivity contribution >= 4 is 40.1 Å². The predicted octanol–water partition coefficient (Wildman–Crippen LogP) is 3.42. The molecule has 1 aromatic carbocycles. The molecule has 0 unspecified atom stereocenters. The summed E-state index contributed by atoms with van der Waals surface area (Å²) in [6.45, 7) is 4.30. The Hall–Kier alpha value is -0.190. The topological polar surface area (TPSA) is 3.24 Å². The van der Waals surface area contributed by atoms with Crippen molar-refractivity contribution in [3.05, 3.63) is 29.8 Å². The van der Waals surface area contributed by atoms with E-state index in [1.807, 2.05) is 11.8 Å². The number of aryl methyl sites for hydroxylation is 1. The molecule has 0 saturated carbocycles. The number of thiocarbonyl (C=S) groups is 1. The van der Waals surface area contributed by atoms with E-state index < -0.39 is 0 Å². The Bertz CT molecular complexity index is 355. The standard InChI is InChI=1S/C12H15NS3/c1-10-2-4-11(5-3-10)16-12(14)13-6-8-15-9-7-13/h2-5H,6-9H2,1H3. The number of benzene rings is 1. The zero-order valence-electron chi connectivity index (χ0n) is 9.31. The molecule has 0 aliphatic carbocycles. The highest BCUT2D eigenvalue weighted by Crippen LogP contribution is 2.23. The zero-order chi connectivity index (χ0) is 11.4. The third-order valence-corrected chi connectivity index (χ3v) is 4.89. The molecule has 16 heavy (non-hydrogen) atoms. The van der Waals surface area contributed by atoms with Crippen LogP contribution in [0.5, 0.6) is 0 Å². The number of nitrogens with zero attached hydrogens (tertiary/aromatic N) is 1. The summed E-state index contributed by atoms with van der Waals surface area (Å²) in [5.41, 5.74) is 1.30. The van der Waals surface area contributed by atoms with E-state index in [1.165, 1.54) is 22.0 Å². The second-order valence-corrected chi connectivity index (χ2v) is 6.71. The second kappa shape index (κ2) is 5.94. The highest BCUT2D eigenvalue weighted by molar-refractivity contribution is 8.23. The van der Waals surface area contributed by atoms with Crippen molar-refractivity contribution in [3.63, 3.8) is 0 Å². The maximum atomic E-state index is 5.47. The molecule has 4 heteroatoms. The summed E-state index contributed by atoms with van der Waals surface area (Å²) in [5.74, 6) is 2.41. The Labute approximate surface area is 111 Å². The summed E-state index contributed by atoms with van der Waals surface area (Å²) < 4.78 is 1.02. The maximum absolute atomic E-state index is 5.47. The molecule has 0 N–H and O–H groups in total. The maximum Gasteiger partial charge on any atom is 0.141 e. The molecule has 1 heterocycles. The van der Waals surface area contributed by atoms with Gasteiger partial charge >= 0.3 is 0 Å². The van der Waals surface area contributed by atoms with Gasteiger partial charge in [0.25, 0.3) is 0 Å². The van der Waals surface area contributed by atoms with Gasteiger partial charge in [-0.25, -0.2) is 0 Å². The first-order valence-corrected chi connectivity index (χ1v) is 7.75. The molecule has 2 rings (SSSR count). The Morgan fingerprint density at radius 2 is 1.88 bits per heavy atom. The van der Waals surface area contributed by atoms with Crippen molar-refractivity contribution in [3.8, 4) is 0 Å². The lowest BCUT2D eigenvalue weighted by atomic mass is 10.2. The van der Waals surface area contributed by atoms with Gasteiger partial charge in [-0.2, -0.15) is 11.8 Å². The first kappa shape index (κ1) is 12.3. The molecule has 1 saturated heterocycles. The van der Waals surface area contributed by atoms with Crippen LogP contribution in [-0.2, 0) is 0 Å². The number of rotatable bonds is 1. The molecule has 1 fully saturated rings. The van der Waals surface area contributed by atoms with Gasteiger partial charge in [0.2, 0.25) is 0 Å². The van der Waals surface area contributed by atoms with Crippen molar-refractivity contribution in [2.45, 2.75) is 11.8 Å². The van der Waals surface area contributed by atoms with Crippen molar-refractivity contribution < 1.29 is 0 Å². The lowest BCUT2D eigenvalue weighted by Gasteiger charge is -2.28. The minimum absolute atomic E-state index is 1.02. The number of thioether (sulfide) groups is 2. The quantitative estimate of drug-likeness (QED) is 0.567. The fourth-order valence-corrected chi connectivity index (χ4v) is 3.68. The van der Waals surface area contributed by atoms with Gasteiger partial charge in [-0.15, -0.1) is 0 Å². The molecule has 86 valence electrons. The summed E-state index contributed by atoms with van der Waals surface area (Å²) in [6.07, 6.45) is 0. The summed E-state index contributed by atoms with van der Waals surface area (Å²) in [7, 11) is 0. The molecule has 0 aromatic heterocycles. The molecule has 0 spiro atoms. The summed E-state index contributed by atoms with van der Waals surface area (Å²) in [6, 6.07) is 8.56. The van der Waals surface area contributed by atoms with Crippen LogP contribution < -0.4 is 0 Å². The van der Waals surface area contributed by atoms with Gasteiger partial charge in [0, 0.05) is 29.5 Å². The van der Waals surface area contributed by atoms with Crippen LogP contribution in [0.3, 0.4) is 0 Å². The van der Waals surface area contributed by atoms with E-state index >= 15 is 0 Å². The van der Waals surface area contributed by atoms with Crippen LogP contribution in [0.1, 0.15) is 5.56 Å². The molecule has 0 atom stereocenters. The summed E-state index contributed by atoms with van der Waals surface area (Å²) in [4.78, 5) is 3.56. The molecule has 1 aliphatic heterocycles. The molecule has 1 aliphatic rings. The normalized spacial score (nSPS) is 16.2. The average Bonchev–Trinajstić information content (AvgIpc) is 2.33. The lowest BCUT2D eigenvalue weighted by molar-refractivity contribution is 0.479. The fourth-order valence-electron chi connectivity index (χ4n) is 1.52. The molecule has 0 bridgehead atoms. The van der Waals surface area contributed by atoms with E-state index in [1.54, 1.807) is 11.8 Å². The highest BCUT2D eigenvalue weighted by atomic mass is 32.2. The van der Waals surface area contributed by atoms with E-state index in [0.29, 0.717) is 0 Å². The SMILES string of the molecule is Cc1ccc(SC(=S)N2CCSCC2)cc1. The van der Waals surface area contributed by atoms with E-state index in [0.717, 1.165) is 17.4 Å². The first-order valence-electron chi connectivity index (χ1n) is 5.37. The Morgan fingerprint density at radius 1 is 1.25 bits per heavy atom. The highest BCUT2D eigenvalue weighted by Gasteiger charge is 2.14. The molecule has 0 radical (unpaired) electrons. The molecular formula is C12H15NS3. The van der Waals surface area contributed by atoms with E-state index in [-0.39, 0.29) is 0 Å². The molecular weight excluding hydrogens is 254 g/mol. The molecule has 0 amide bonds. The van der Waals surface area contributed by atoms with Crippen LogP contribution in [0.4, 0.5) is 0 Å².